The van der Waals surface area contributed by atoms with Crippen LogP contribution >= 0.6 is 22.9 Å². The van der Waals surface area contributed by atoms with E-state index in [0.717, 1.165) is 60.2 Å². The van der Waals surface area contributed by atoms with Gasteiger partial charge in [0.25, 0.3) is 0 Å². The lowest BCUT2D eigenvalue weighted by molar-refractivity contribution is -0.144. The molecule has 0 aliphatic carbocycles. The van der Waals surface area contributed by atoms with E-state index in [-0.39, 0.29) is 77.8 Å². The minimum atomic E-state index is -0.890. The number of rotatable bonds is 22. The molecule has 2 fully saturated rings. The van der Waals surface area contributed by atoms with Crippen molar-refractivity contribution in [3.05, 3.63) is 100 Å². The number of benzene rings is 3. The summed E-state index contributed by atoms with van der Waals surface area (Å²) >= 11 is 8.32. The number of piperazine rings is 1. The van der Waals surface area contributed by atoms with Gasteiger partial charge in [-0.1, -0.05) is 108 Å². The van der Waals surface area contributed by atoms with Crippen LogP contribution in [0.25, 0.3) is 21.6 Å². The number of halogens is 3. The number of carbonyl (C=O) groups excluding carboxylic acids is 4. The molecule has 0 unspecified atom stereocenters. The molecule has 6 rings (SSSR count). The van der Waals surface area contributed by atoms with Crippen molar-refractivity contribution in [2.45, 2.75) is 117 Å². The Bertz CT molecular complexity index is 2630. The van der Waals surface area contributed by atoms with Crippen molar-refractivity contribution in [2.75, 3.05) is 46.4 Å². The molecule has 392 valence electrons. The number of aromatic nitrogens is 1. The van der Waals surface area contributed by atoms with Gasteiger partial charge in [0.2, 0.25) is 23.6 Å². The van der Waals surface area contributed by atoms with E-state index in [1.807, 2.05) is 62.4 Å². The molecule has 3 heterocycles. The number of thiazole rings is 1. The molecule has 0 radical (unpaired) electrons. The molecule has 73 heavy (non-hydrogen) atoms. The Morgan fingerprint density at radius 3 is 2.25 bits per heavy atom. The third-order valence-corrected chi connectivity index (χ3v) is 14.6. The van der Waals surface area contributed by atoms with E-state index in [4.69, 9.17) is 16.3 Å². The predicted molar refractivity (Wildman–Crippen MR) is 286 cm³/mol. The fourth-order valence-corrected chi connectivity index (χ4v) is 10.5. The van der Waals surface area contributed by atoms with Gasteiger partial charge in [0.05, 0.1) is 39.4 Å². The van der Waals surface area contributed by atoms with Crippen molar-refractivity contribution in [3.8, 4) is 27.3 Å². The minimum Gasteiger partial charge on any atom is -0.493 e. The van der Waals surface area contributed by atoms with Gasteiger partial charge in [-0.15, -0.1) is 11.3 Å². The number of hydrogen-bond acceptors (Lipinski definition) is 10. The topological polar surface area (TPSA) is 169 Å². The van der Waals surface area contributed by atoms with E-state index in [9.17, 15) is 24.3 Å². The molecule has 2 aliphatic rings. The Labute approximate surface area is 437 Å². The lowest BCUT2D eigenvalue weighted by Crippen LogP contribution is -2.57. The average Bonchev–Trinajstić information content (AvgIpc) is 3.99. The predicted octanol–water partition coefficient (Wildman–Crippen LogP) is 9.45. The van der Waals surface area contributed by atoms with E-state index in [2.05, 4.69) is 38.9 Å². The molecule has 0 bridgehead atoms. The molecule has 1 aromatic heterocycles. The summed E-state index contributed by atoms with van der Waals surface area (Å²) in [6, 6.07) is 11.9. The van der Waals surface area contributed by atoms with Crippen LogP contribution in [-0.4, -0.2) is 126 Å². The van der Waals surface area contributed by atoms with E-state index >= 15 is 8.78 Å². The number of aliphatic hydroxyl groups excluding tert-OH is 1. The summed E-state index contributed by atoms with van der Waals surface area (Å²) in [5.41, 5.74) is 3.94. The zero-order chi connectivity index (χ0) is 52.8. The monoisotopic (exact) mass is 1040 g/mol. The number of carbonyl (C=O) groups is 4. The number of likely N-dealkylation sites (tertiary alicyclic amines) is 1. The number of nitrogens with zero attached hydrogens (tertiary/aromatic N) is 6. The number of nitrogens with one attached hydrogen (secondary N) is 2. The summed E-state index contributed by atoms with van der Waals surface area (Å²) in [5.74, 6) is -2.15. The summed E-state index contributed by atoms with van der Waals surface area (Å²) in [6.07, 6.45) is 7.64. The van der Waals surface area contributed by atoms with Gasteiger partial charge in [-0.05, 0) is 67.3 Å². The first-order valence-electron chi connectivity index (χ1n) is 25.1. The zero-order valence-electron chi connectivity index (χ0n) is 42.7. The van der Waals surface area contributed by atoms with Crippen LogP contribution in [0.1, 0.15) is 102 Å². The number of ether oxygens (including phenoxy) is 1. The largest absolute Gasteiger partial charge is 0.493 e. The van der Waals surface area contributed by atoms with Gasteiger partial charge in [-0.2, -0.15) is 0 Å². The van der Waals surface area contributed by atoms with Crippen molar-refractivity contribution >= 4 is 64.8 Å². The van der Waals surface area contributed by atoms with Gasteiger partial charge in [0, 0.05) is 70.3 Å². The highest BCUT2D eigenvalue weighted by atomic mass is 35.5. The van der Waals surface area contributed by atoms with Gasteiger partial charge in [-0.3, -0.25) is 29.2 Å². The molecule has 0 saturated carbocycles. The molecule has 3 N–H and O–H groups in total. The molecule has 18 heteroatoms. The zero-order valence-corrected chi connectivity index (χ0v) is 44.2. The van der Waals surface area contributed by atoms with Crippen molar-refractivity contribution < 1.29 is 37.8 Å². The summed E-state index contributed by atoms with van der Waals surface area (Å²) in [7, 11) is 1.57. The minimum absolute atomic E-state index is 0.00445. The number of hydrogen-bond donors (Lipinski definition) is 3. The van der Waals surface area contributed by atoms with E-state index in [1.54, 1.807) is 29.4 Å². The number of aliphatic hydroxyl groups is 1. The Morgan fingerprint density at radius 2 is 1.63 bits per heavy atom. The quantitative estimate of drug-likeness (QED) is 0.0303. The maximum Gasteiger partial charge on any atom is 0.246 e. The third-order valence-electron chi connectivity index (χ3n) is 13.4. The molecule has 3 aromatic carbocycles. The highest BCUT2D eigenvalue weighted by Crippen LogP contribution is 2.44. The van der Waals surface area contributed by atoms with Crippen LogP contribution in [0.2, 0.25) is 5.02 Å². The second-order valence-electron chi connectivity index (χ2n) is 19.6. The molecule has 4 aromatic rings. The van der Waals surface area contributed by atoms with Crippen LogP contribution in [-0.2, 0) is 25.7 Å². The number of aliphatic imine (C=N–C) groups is 2. The third kappa shape index (κ3) is 14.4. The molecular formula is C55H69ClF2N8O6S. The second kappa shape index (κ2) is 26.3. The van der Waals surface area contributed by atoms with Crippen LogP contribution in [0.4, 0.5) is 14.5 Å². The molecular weight excluding hydrogens is 974 g/mol. The fraction of sp³-hybridized carbons (Fsp3) is 0.473. The molecule has 3 atom stereocenters. The normalized spacial score (nSPS) is 16.6. The number of aryl methyl sites for hydroxylation is 1. The average molecular weight is 1040 g/mol. The first-order chi connectivity index (χ1) is 35.0. The Kier molecular flexibility index (Phi) is 20.2. The molecule has 2 saturated heterocycles. The Balaban J connectivity index is 0.913. The molecule has 2 aliphatic heterocycles. The fourth-order valence-electron chi connectivity index (χ4n) is 9.37. The van der Waals surface area contributed by atoms with Crippen LogP contribution in [0, 0.1) is 24.0 Å². The molecule has 14 nitrogen and oxygen atoms in total. The molecule has 0 spiro atoms. The van der Waals surface area contributed by atoms with Crippen LogP contribution < -0.4 is 15.4 Å². The van der Waals surface area contributed by atoms with Crippen molar-refractivity contribution in [2.24, 2.45) is 15.4 Å². The number of β-amino-alcohol motifs (C(OH)–C–C–N with tert-alkyl or cyclic N) is 1. The van der Waals surface area contributed by atoms with Gasteiger partial charge in [0.15, 0.2) is 5.82 Å². The molecule has 4 amide bonds. The van der Waals surface area contributed by atoms with E-state index in [0.29, 0.717) is 50.4 Å². The SMILES string of the molecule is C=CC(=O)N1CCN(/C(=N/C)c2cc(Cl)c(-c3c(F)cccc3OCCCCCCCCCCC(=O)N[C@H](C(=O)N3C[C@H](O)C[C@H]3C(=O)NCc3ccc(-c4scnc4C)cc3)C(C)(C)C)c(F)c2N=C)CC1. The van der Waals surface area contributed by atoms with Crippen molar-refractivity contribution in [1.82, 2.24) is 30.3 Å². The lowest BCUT2D eigenvalue weighted by atomic mass is 9.85. The summed E-state index contributed by atoms with van der Waals surface area (Å²) in [5, 5.41) is 16.5. The van der Waals surface area contributed by atoms with E-state index < -0.39 is 41.1 Å². The van der Waals surface area contributed by atoms with Crippen molar-refractivity contribution in [3.63, 3.8) is 0 Å². The van der Waals surface area contributed by atoms with Gasteiger partial charge in [0.1, 0.15) is 35.2 Å². The Hall–Kier alpha value is -6.04. The van der Waals surface area contributed by atoms with Gasteiger partial charge in [-0.25, -0.2) is 13.8 Å². The van der Waals surface area contributed by atoms with Crippen LogP contribution in [0.3, 0.4) is 0 Å². The maximum absolute atomic E-state index is 16.5. The number of unbranched alkanes of at least 4 members (excludes halogenated alkanes) is 7. The summed E-state index contributed by atoms with van der Waals surface area (Å²) < 4.78 is 38.1. The van der Waals surface area contributed by atoms with Crippen LogP contribution in [0.5, 0.6) is 5.75 Å². The summed E-state index contributed by atoms with van der Waals surface area (Å²) in [4.78, 5) is 71.7. The second-order valence-corrected chi connectivity index (χ2v) is 20.9. The van der Waals surface area contributed by atoms with E-state index in [1.165, 1.54) is 29.2 Å². The van der Waals surface area contributed by atoms with Crippen LogP contribution in [0.15, 0.2) is 76.7 Å². The van der Waals surface area contributed by atoms with Gasteiger partial charge < -0.3 is 35.2 Å². The highest BCUT2D eigenvalue weighted by molar-refractivity contribution is 7.13. The maximum atomic E-state index is 16.5. The smallest absolute Gasteiger partial charge is 0.246 e. The van der Waals surface area contributed by atoms with Gasteiger partial charge >= 0.3 is 0 Å². The standard InChI is InChI=1S/C55H69ClF2N8O6S/c1-8-45(69)64-25-27-65(28-26-64)52(60-7)39-31-40(56)46(48(58)49(39)59-6)47-41(57)18-17-19-43(47)72-29-16-14-12-10-9-11-13-15-20-44(68)63-51(55(3,4)5)54(71)66-33-38(67)30-42(66)53(70)61-32-36-21-23-37(24-22-36)50-35(2)62-34-73-50/h8,17-19,21-24,31,34,38,42,51,67H,1,6,9-16,20,25-30,32-33H2,2-5,7H3,(H,61,70)(H,63,68)/b60-52+/t38-,42+,51-/m1/s1. The van der Waals surface area contributed by atoms with Crippen molar-refractivity contribution in [1.29, 1.82) is 0 Å². The first-order valence-corrected chi connectivity index (χ1v) is 26.3. The first kappa shape index (κ1) is 56.3. The highest BCUT2D eigenvalue weighted by Gasteiger charge is 2.44. The number of amidine groups is 1. The summed E-state index contributed by atoms with van der Waals surface area (Å²) in [6.45, 7) is 17.0. The Morgan fingerprint density at radius 1 is 0.973 bits per heavy atom. The lowest BCUT2D eigenvalue weighted by Gasteiger charge is -2.36. The number of amides is 4.